The van der Waals surface area contributed by atoms with E-state index in [1.807, 2.05) is 0 Å². The van der Waals surface area contributed by atoms with Crippen LogP contribution in [0.3, 0.4) is 0 Å². The molecule has 0 saturated carbocycles. The normalized spacial score (nSPS) is 11.4. The molecule has 0 saturated heterocycles. The van der Waals surface area contributed by atoms with Crippen LogP contribution in [0.25, 0.3) is 11.0 Å². The molecule has 0 spiro atoms. The van der Waals surface area contributed by atoms with Gasteiger partial charge in [0.2, 0.25) is 0 Å². The van der Waals surface area contributed by atoms with E-state index in [1.54, 1.807) is 39.0 Å². The van der Waals surface area contributed by atoms with Gasteiger partial charge in [0.05, 0.1) is 23.3 Å². The number of amides is 1. The third-order valence-electron chi connectivity index (χ3n) is 2.62. The number of aromatic nitrogens is 2. The van der Waals surface area contributed by atoms with Crippen molar-refractivity contribution in [2.24, 2.45) is 0 Å². The zero-order valence-corrected chi connectivity index (χ0v) is 12.1. The second-order valence-corrected chi connectivity index (χ2v) is 5.53. The lowest BCUT2D eigenvalue weighted by molar-refractivity contribution is 0.0523. The standard InChI is InChI=1S/C14H17N3O4/c1-14(2,3)21-12(18)15-8-9-4-5-11-10(16-9)6-7-17(11)13(19)20/h4-7H,8H2,1-3H3,(H,15,18)(H,19,20). The van der Waals surface area contributed by atoms with Crippen LogP contribution in [0.15, 0.2) is 24.4 Å². The number of hydrogen-bond donors (Lipinski definition) is 2. The predicted octanol–water partition coefficient (Wildman–Crippen LogP) is 2.59. The Morgan fingerprint density at radius 2 is 2.05 bits per heavy atom. The van der Waals surface area contributed by atoms with Crippen molar-refractivity contribution in [2.45, 2.75) is 32.9 Å². The fraction of sp³-hybridized carbons (Fsp3) is 0.357. The third kappa shape index (κ3) is 3.71. The predicted molar refractivity (Wildman–Crippen MR) is 76.2 cm³/mol. The molecule has 7 nitrogen and oxygen atoms in total. The topological polar surface area (TPSA) is 93.5 Å². The van der Waals surface area contributed by atoms with Gasteiger partial charge in [-0.1, -0.05) is 0 Å². The van der Waals surface area contributed by atoms with Gasteiger partial charge in [-0.3, -0.25) is 4.57 Å². The average Bonchev–Trinajstić information content (AvgIpc) is 2.77. The number of rotatable bonds is 2. The number of pyridine rings is 1. The molecule has 0 atom stereocenters. The summed E-state index contributed by atoms with van der Waals surface area (Å²) in [6, 6.07) is 4.93. The first-order valence-corrected chi connectivity index (χ1v) is 6.43. The number of nitrogens with zero attached hydrogens (tertiary/aromatic N) is 2. The van der Waals surface area contributed by atoms with Crippen LogP contribution in [0, 0.1) is 0 Å². The second-order valence-electron chi connectivity index (χ2n) is 5.53. The lowest BCUT2D eigenvalue weighted by Crippen LogP contribution is -2.32. The Morgan fingerprint density at radius 3 is 2.67 bits per heavy atom. The maximum atomic E-state index is 11.5. The maximum Gasteiger partial charge on any atom is 0.416 e. The lowest BCUT2D eigenvalue weighted by Gasteiger charge is -2.19. The molecule has 0 radical (unpaired) electrons. The summed E-state index contributed by atoms with van der Waals surface area (Å²) in [4.78, 5) is 26.8. The Kier molecular flexibility index (Phi) is 3.84. The first kappa shape index (κ1) is 14.8. The number of alkyl carbamates (subject to hydrolysis) is 1. The molecule has 2 heterocycles. The smallest absolute Gasteiger partial charge is 0.416 e. The van der Waals surface area contributed by atoms with Gasteiger partial charge in [0.25, 0.3) is 0 Å². The summed E-state index contributed by atoms with van der Waals surface area (Å²) in [6.07, 6.45) is -0.149. The van der Waals surface area contributed by atoms with Gasteiger partial charge in [-0.05, 0) is 39.0 Å². The highest BCUT2D eigenvalue weighted by Gasteiger charge is 2.16. The number of hydrogen-bond acceptors (Lipinski definition) is 4. The van der Waals surface area contributed by atoms with E-state index >= 15 is 0 Å². The van der Waals surface area contributed by atoms with Crippen LogP contribution in [0.4, 0.5) is 9.59 Å². The van der Waals surface area contributed by atoms with Crippen LogP contribution in [0.5, 0.6) is 0 Å². The molecule has 2 aromatic rings. The Morgan fingerprint density at radius 1 is 1.33 bits per heavy atom. The largest absolute Gasteiger partial charge is 0.464 e. The fourth-order valence-electron chi connectivity index (χ4n) is 1.80. The zero-order chi connectivity index (χ0) is 15.6. The van der Waals surface area contributed by atoms with Gasteiger partial charge in [-0.25, -0.2) is 14.6 Å². The highest BCUT2D eigenvalue weighted by atomic mass is 16.6. The molecule has 21 heavy (non-hydrogen) atoms. The molecule has 0 fully saturated rings. The van der Waals surface area contributed by atoms with Gasteiger partial charge in [0, 0.05) is 6.20 Å². The Balaban J connectivity index is 2.07. The summed E-state index contributed by atoms with van der Waals surface area (Å²) < 4.78 is 6.21. The summed E-state index contributed by atoms with van der Waals surface area (Å²) in [5.41, 5.74) is 1.13. The van der Waals surface area contributed by atoms with Gasteiger partial charge >= 0.3 is 12.2 Å². The number of ether oxygens (including phenoxy) is 1. The highest BCUT2D eigenvalue weighted by Crippen LogP contribution is 2.14. The van der Waals surface area contributed by atoms with E-state index in [0.29, 0.717) is 16.7 Å². The SMILES string of the molecule is CC(C)(C)OC(=O)NCc1ccc2c(ccn2C(=O)O)n1. The minimum absolute atomic E-state index is 0.211. The number of carbonyl (C=O) groups is 2. The molecule has 2 aromatic heterocycles. The maximum absolute atomic E-state index is 11.5. The van der Waals surface area contributed by atoms with Gasteiger partial charge in [-0.2, -0.15) is 0 Å². The van der Waals surface area contributed by atoms with E-state index in [2.05, 4.69) is 10.3 Å². The minimum atomic E-state index is -1.06. The zero-order valence-electron chi connectivity index (χ0n) is 12.1. The third-order valence-corrected chi connectivity index (χ3v) is 2.62. The van der Waals surface area contributed by atoms with E-state index in [4.69, 9.17) is 9.84 Å². The van der Waals surface area contributed by atoms with E-state index in [9.17, 15) is 9.59 Å². The lowest BCUT2D eigenvalue weighted by atomic mass is 10.2. The van der Waals surface area contributed by atoms with E-state index in [1.165, 1.54) is 6.20 Å². The monoisotopic (exact) mass is 291 g/mol. The van der Waals surface area contributed by atoms with Crippen molar-refractivity contribution in [3.8, 4) is 0 Å². The van der Waals surface area contributed by atoms with Crippen LogP contribution in [0.2, 0.25) is 0 Å². The van der Waals surface area contributed by atoms with E-state index in [0.717, 1.165) is 4.57 Å². The van der Waals surface area contributed by atoms with Crippen LogP contribution in [0.1, 0.15) is 26.5 Å². The molecule has 1 amide bonds. The summed E-state index contributed by atoms with van der Waals surface area (Å²) >= 11 is 0. The first-order valence-electron chi connectivity index (χ1n) is 6.43. The van der Waals surface area contributed by atoms with E-state index in [-0.39, 0.29) is 6.54 Å². The van der Waals surface area contributed by atoms with Gasteiger partial charge in [0.15, 0.2) is 0 Å². The summed E-state index contributed by atoms with van der Waals surface area (Å²) in [5.74, 6) is 0. The van der Waals surface area contributed by atoms with Crippen LogP contribution in [-0.4, -0.2) is 32.4 Å². The quantitative estimate of drug-likeness (QED) is 0.887. The first-order chi connectivity index (χ1) is 9.76. The van der Waals surface area contributed by atoms with Crippen molar-refractivity contribution in [1.29, 1.82) is 0 Å². The molecule has 0 aliphatic rings. The number of carbonyl (C=O) groups excluding carboxylic acids is 1. The van der Waals surface area contributed by atoms with Gasteiger partial charge in [0.1, 0.15) is 5.60 Å². The Hall–Kier alpha value is -2.57. The van der Waals surface area contributed by atoms with Crippen molar-refractivity contribution >= 4 is 23.2 Å². The van der Waals surface area contributed by atoms with Gasteiger partial charge in [-0.15, -0.1) is 0 Å². The Labute approximate surface area is 121 Å². The fourth-order valence-corrected chi connectivity index (χ4v) is 1.80. The van der Waals surface area contributed by atoms with Crippen LogP contribution >= 0.6 is 0 Å². The summed E-state index contributed by atoms with van der Waals surface area (Å²) in [7, 11) is 0. The van der Waals surface area contributed by atoms with Crippen LogP contribution < -0.4 is 5.32 Å². The summed E-state index contributed by atoms with van der Waals surface area (Å²) in [5, 5.41) is 11.6. The molecular weight excluding hydrogens is 274 g/mol. The Bertz CT molecular complexity index is 685. The van der Waals surface area contributed by atoms with Gasteiger partial charge < -0.3 is 15.2 Å². The molecule has 0 aromatic carbocycles. The van der Waals surface area contributed by atoms with Crippen molar-refractivity contribution < 1.29 is 19.4 Å². The molecular formula is C14H17N3O4. The summed E-state index contributed by atoms with van der Waals surface area (Å²) in [6.45, 7) is 5.56. The van der Waals surface area contributed by atoms with Crippen molar-refractivity contribution in [2.75, 3.05) is 0 Å². The van der Waals surface area contributed by atoms with Crippen molar-refractivity contribution in [1.82, 2.24) is 14.9 Å². The van der Waals surface area contributed by atoms with Crippen LogP contribution in [-0.2, 0) is 11.3 Å². The highest BCUT2D eigenvalue weighted by molar-refractivity contribution is 5.86. The second kappa shape index (κ2) is 5.43. The average molecular weight is 291 g/mol. The number of carboxylic acid groups (broad SMARTS) is 1. The molecule has 0 bridgehead atoms. The molecule has 0 aliphatic heterocycles. The molecule has 0 unspecified atom stereocenters. The number of fused-ring (bicyclic) bond motifs is 1. The van der Waals surface area contributed by atoms with Crippen molar-refractivity contribution in [3.63, 3.8) is 0 Å². The molecule has 112 valence electrons. The van der Waals surface area contributed by atoms with Crippen molar-refractivity contribution in [3.05, 3.63) is 30.1 Å². The molecule has 2 N–H and O–H groups in total. The number of nitrogens with one attached hydrogen (secondary N) is 1. The van der Waals surface area contributed by atoms with E-state index < -0.39 is 17.8 Å². The molecule has 2 rings (SSSR count). The molecule has 7 heteroatoms. The minimum Gasteiger partial charge on any atom is -0.464 e. The molecule has 0 aliphatic carbocycles.